The van der Waals surface area contributed by atoms with Gasteiger partial charge in [-0.1, -0.05) is 25.0 Å². The topological polar surface area (TPSA) is 83.8 Å². The monoisotopic (exact) mass is 348 g/mol. The van der Waals surface area contributed by atoms with E-state index in [1.54, 1.807) is 0 Å². The van der Waals surface area contributed by atoms with Crippen LogP contribution in [0.15, 0.2) is 24.3 Å². The number of aliphatic carboxylic acids is 2. The average molecular weight is 348 g/mol. The Hall–Kier alpha value is -2.09. The minimum atomic E-state index is -4.42. The number of carboxylic acids is 2. The second-order valence-electron chi connectivity index (χ2n) is 5.33. The van der Waals surface area contributed by atoms with E-state index >= 15 is 0 Å². The second-order valence-corrected chi connectivity index (χ2v) is 5.33. The number of benzene rings is 1. The van der Waals surface area contributed by atoms with Gasteiger partial charge in [0.25, 0.3) is 0 Å². The van der Waals surface area contributed by atoms with Crippen molar-refractivity contribution in [3.63, 3.8) is 0 Å². The van der Waals surface area contributed by atoms with Crippen molar-refractivity contribution < 1.29 is 37.7 Å². The molecule has 0 heterocycles. The van der Waals surface area contributed by atoms with Gasteiger partial charge in [-0.3, -0.25) is 4.79 Å². The van der Waals surface area contributed by atoms with Crippen LogP contribution in [0.3, 0.4) is 0 Å². The van der Waals surface area contributed by atoms with Crippen molar-refractivity contribution in [3.05, 3.63) is 35.4 Å². The van der Waals surface area contributed by atoms with Gasteiger partial charge in [0.1, 0.15) is 0 Å². The lowest BCUT2D eigenvalue weighted by atomic mass is 10.1. The van der Waals surface area contributed by atoms with Crippen LogP contribution in [0.2, 0.25) is 0 Å². The van der Waals surface area contributed by atoms with Crippen LogP contribution in [-0.4, -0.2) is 28.3 Å². The van der Waals surface area contributed by atoms with E-state index in [-0.39, 0.29) is 19.4 Å². The number of carbonyl (C=O) groups is 2. The summed E-state index contributed by atoms with van der Waals surface area (Å²) in [6.07, 6.45) is -3.71. The summed E-state index contributed by atoms with van der Waals surface area (Å²) in [6, 6.07) is 4.32. The predicted molar refractivity (Wildman–Crippen MR) is 78.4 cm³/mol. The minimum absolute atomic E-state index is 0.0319. The molecule has 0 fully saturated rings. The first-order chi connectivity index (χ1) is 11.2. The summed E-state index contributed by atoms with van der Waals surface area (Å²) in [6.45, 7) is -0.107. The molecule has 8 heteroatoms. The number of ether oxygens (including phenoxy) is 1. The molecule has 0 radical (unpaired) electrons. The highest BCUT2D eigenvalue weighted by Crippen LogP contribution is 2.29. The van der Waals surface area contributed by atoms with Crippen LogP contribution in [-0.2, 0) is 27.1 Å². The Labute approximate surface area is 137 Å². The molecule has 24 heavy (non-hydrogen) atoms. The van der Waals surface area contributed by atoms with Crippen LogP contribution in [0, 0.1) is 0 Å². The molecule has 0 amide bonds. The molecule has 0 aromatic heterocycles. The van der Waals surface area contributed by atoms with Crippen LogP contribution in [0.25, 0.3) is 0 Å². The van der Waals surface area contributed by atoms with Gasteiger partial charge in [0, 0.05) is 6.42 Å². The molecule has 134 valence electrons. The lowest BCUT2D eigenvalue weighted by Gasteiger charge is -2.14. The number of hydrogen-bond acceptors (Lipinski definition) is 3. The summed E-state index contributed by atoms with van der Waals surface area (Å²) in [7, 11) is 0. The highest BCUT2D eigenvalue weighted by atomic mass is 19.4. The van der Waals surface area contributed by atoms with Crippen molar-refractivity contribution in [2.75, 3.05) is 0 Å². The SMILES string of the molecule is O=C(O)CCCCCC(OCc1ccc(C(F)(F)F)cc1)C(=O)O. The molecule has 2 N–H and O–H groups in total. The van der Waals surface area contributed by atoms with Crippen molar-refractivity contribution in [1.29, 1.82) is 0 Å². The molecule has 1 atom stereocenters. The maximum atomic E-state index is 12.4. The third kappa shape index (κ3) is 7.45. The Morgan fingerprint density at radius 2 is 1.67 bits per heavy atom. The van der Waals surface area contributed by atoms with Crippen molar-refractivity contribution >= 4 is 11.9 Å². The zero-order valence-electron chi connectivity index (χ0n) is 12.9. The fraction of sp³-hybridized carbons (Fsp3) is 0.500. The standard InChI is InChI=1S/C16H19F3O5/c17-16(18,19)12-8-6-11(7-9-12)10-24-13(15(22)23)4-2-1-3-5-14(20)21/h6-9,13H,1-5,10H2,(H,20,21)(H,22,23). The summed E-state index contributed by atoms with van der Waals surface area (Å²) in [4.78, 5) is 21.5. The fourth-order valence-corrected chi connectivity index (χ4v) is 2.05. The Morgan fingerprint density at radius 3 is 2.17 bits per heavy atom. The molecule has 1 aromatic carbocycles. The maximum absolute atomic E-state index is 12.4. The largest absolute Gasteiger partial charge is 0.481 e. The average Bonchev–Trinajstić information content (AvgIpc) is 2.48. The second kappa shape index (κ2) is 9.27. The molecule has 0 aliphatic heterocycles. The third-order valence-electron chi connectivity index (χ3n) is 3.36. The normalized spacial score (nSPS) is 12.8. The highest BCUT2D eigenvalue weighted by Gasteiger charge is 2.30. The van der Waals surface area contributed by atoms with Gasteiger partial charge < -0.3 is 14.9 Å². The number of hydrogen-bond donors (Lipinski definition) is 2. The molecule has 0 bridgehead atoms. The molecule has 1 unspecified atom stereocenters. The zero-order valence-corrected chi connectivity index (χ0v) is 12.9. The number of unbranched alkanes of at least 4 members (excludes halogenated alkanes) is 2. The van der Waals surface area contributed by atoms with Gasteiger partial charge in [0.15, 0.2) is 6.10 Å². The van der Waals surface area contributed by atoms with Gasteiger partial charge >= 0.3 is 18.1 Å². The van der Waals surface area contributed by atoms with Crippen LogP contribution in [0.1, 0.15) is 43.2 Å². The molecule has 0 saturated carbocycles. The van der Waals surface area contributed by atoms with E-state index < -0.39 is 29.8 Å². The summed E-state index contributed by atoms with van der Waals surface area (Å²) < 4.78 is 42.6. The first-order valence-electron chi connectivity index (χ1n) is 7.42. The molecule has 1 rings (SSSR count). The van der Waals surface area contributed by atoms with Crippen molar-refractivity contribution in [3.8, 4) is 0 Å². The summed E-state index contributed by atoms with van der Waals surface area (Å²) >= 11 is 0. The van der Waals surface area contributed by atoms with E-state index in [2.05, 4.69) is 0 Å². The Kier molecular flexibility index (Phi) is 7.70. The van der Waals surface area contributed by atoms with Gasteiger partial charge in [-0.2, -0.15) is 13.2 Å². The number of rotatable bonds is 10. The Balaban J connectivity index is 2.43. The van der Waals surface area contributed by atoms with E-state index in [9.17, 15) is 22.8 Å². The van der Waals surface area contributed by atoms with E-state index in [0.717, 1.165) is 12.1 Å². The molecule has 0 aliphatic rings. The van der Waals surface area contributed by atoms with Crippen molar-refractivity contribution in [1.82, 2.24) is 0 Å². The first-order valence-corrected chi connectivity index (χ1v) is 7.42. The zero-order chi connectivity index (χ0) is 18.2. The van der Waals surface area contributed by atoms with Gasteiger partial charge in [0.05, 0.1) is 12.2 Å². The quantitative estimate of drug-likeness (QED) is 0.630. The molecule has 5 nitrogen and oxygen atoms in total. The van der Waals surface area contributed by atoms with Gasteiger partial charge in [0.2, 0.25) is 0 Å². The number of alkyl halides is 3. The maximum Gasteiger partial charge on any atom is 0.416 e. The Morgan fingerprint density at radius 1 is 1.04 bits per heavy atom. The van der Waals surface area contributed by atoms with E-state index in [4.69, 9.17) is 14.9 Å². The Bertz CT molecular complexity index is 540. The van der Waals surface area contributed by atoms with Gasteiger partial charge in [-0.25, -0.2) is 4.79 Å². The summed E-state index contributed by atoms with van der Waals surface area (Å²) in [5, 5.41) is 17.6. The molecular formula is C16H19F3O5. The lowest BCUT2D eigenvalue weighted by molar-refractivity contribution is -0.151. The summed E-state index contributed by atoms with van der Waals surface area (Å²) in [5.74, 6) is -2.05. The molecule has 0 aliphatic carbocycles. The number of carboxylic acid groups (broad SMARTS) is 2. The molecule has 1 aromatic rings. The van der Waals surface area contributed by atoms with E-state index in [1.807, 2.05) is 0 Å². The van der Waals surface area contributed by atoms with Crippen molar-refractivity contribution in [2.24, 2.45) is 0 Å². The van der Waals surface area contributed by atoms with Gasteiger partial charge in [-0.05, 0) is 30.5 Å². The fourth-order valence-electron chi connectivity index (χ4n) is 2.05. The van der Waals surface area contributed by atoms with E-state index in [1.165, 1.54) is 12.1 Å². The summed E-state index contributed by atoms with van der Waals surface area (Å²) in [5.41, 5.74) is -0.334. The van der Waals surface area contributed by atoms with Gasteiger partial charge in [-0.15, -0.1) is 0 Å². The first kappa shape index (κ1) is 20.0. The number of halogens is 3. The third-order valence-corrected chi connectivity index (χ3v) is 3.36. The lowest BCUT2D eigenvalue weighted by Crippen LogP contribution is -2.23. The molecular weight excluding hydrogens is 329 g/mol. The smallest absolute Gasteiger partial charge is 0.416 e. The van der Waals surface area contributed by atoms with Crippen LogP contribution >= 0.6 is 0 Å². The van der Waals surface area contributed by atoms with Crippen LogP contribution in [0.4, 0.5) is 13.2 Å². The van der Waals surface area contributed by atoms with E-state index in [0.29, 0.717) is 24.8 Å². The molecule has 0 saturated heterocycles. The van der Waals surface area contributed by atoms with Crippen molar-refractivity contribution in [2.45, 2.75) is 51.0 Å². The van der Waals surface area contributed by atoms with Crippen LogP contribution < -0.4 is 0 Å². The highest BCUT2D eigenvalue weighted by molar-refractivity contribution is 5.72. The predicted octanol–water partition coefficient (Wildman–Crippen LogP) is 3.71. The molecule has 0 spiro atoms. The minimum Gasteiger partial charge on any atom is -0.481 e. The van der Waals surface area contributed by atoms with Crippen LogP contribution in [0.5, 0.6) is 0 Å².